The van der Waals surface area contributed by atoms with Gasteiger partial charge in [0, 0.05) is 6.54 Å². The lowest BCUT2D eigenvalue weighted by Gasteiger charge is -2.42. The summed E-state index contributed by atoms with van der Waals surface area (Å²) in [6, 6.07) is 6.65. The van der Waals surface area contributed by atoms with Gasteiger partial charge in [-0.2, -0.15) is 0 Å². The van der Waals surface area contributed by atoms with Gasteiger partial charge in [-0.3, -0.25) is 0 Å². The van der Waals surface area contributed by atoms with Crippen LogP contribution in [0.1, 0.15) is 57.6 Å². The molecule has 20 heavy (non-hydrogen) atoms. The fourth-order valence-corrected chi connectivity index (χ4v) is 4.02. The van der Waals surface area contributed by atoms with E-state index in [1.807, 2.05) is 0 Å². The van der Waals surface area contributed by atoms with Gasteiger partial charge in [0.25, 0.3) is 0 Å². The van der Waals surface area contributed by atoms with E-state index in [1.54, 1.807) is 0 Å². The average Bonchev–Trinajstić information content (AvgIpc) is 2.36. The van der Waals surface area contributed by atoms with E-state index in [9.17, 15) is 0 Å². The molecule has 1 atom stereocenters. The summed E-state index contributed by atoms with van der Waals surface area (Å²) in [5, 5.41) is 3.42. The predicted octanol–water partition coefficient (Wildman–Crippen LogP) is 4.07. The molecule has 0 spiro atoms. The van der Waals surface area contributed by atoms with Gasteiger partial charge in [0.1, 0.15) is 11.4 Å². The normalized spacial score (nSPS) is 28.8. The lowest BCUT2D eigenvalue weighted by atomic mass is 9.70. The van der Waals surface area contributed by atoms with Crippen LogP contribution in [0.2, 0.25) is 0 Å². The van der Waals surface area contributed by atoms with Crippen molar-refractivity contribution in [3.8, 4) is 5.75 Å². The average molecular weight is 273 g/mol. The molecule has 1 aromatic rings. The number of benzene rings is 1. The zero-order valence-corrected chi connectivity index (χ0v) is 13.1. The Morgan fingerprint density at radius 1 is 1.10 bits per heavy atom. The number of rotatable bonds is 2. The number of ether oxygens (including phenoxy) is 1. The Morgan fingerprint density at radius 2 is 1.95 bits per heavy atom. The van der Waals surface area contributed by atoms with E-state index in [-0.39, 0.29) is 5.60 Å². The first-order valence-corrected chi connectivity index (χ1v) is 7.97. The van der Waals surface area contributed by atoms with Crippen molar-refractivity contribution in [1.82, 2.24) is 5.32 Å². The maximum atomic E-state index is 6.42. The van der Waals surface area contributed by atoms with Crippen LogP contribution in [0.4, 0.5) is 0 Å². The highest BCUT2D eigenvalue weighted by Gasteiger charge is 2.38. The van der Waals surface area contributed by atoms with Gasteiger partial charge < -0.3 is 10.1 Å². The van der Waals surface area contributed by atoms with Crippen LogP contribution in [-0.2, 0) is 13.0 Å². The van der Waals surface area contributed by atoms with E-state index in [1.165, 1.54) is 30.4 Å². The van der Waals surface area contributed by atoms with E-state index in [4.69, 9.17) is 4.74 Å². The van der Waals surface area contributed by atoms with Crippen molar-refractivity contribution >= 4 is 0 Å². The summed E-state index contributed by atoms with van der Waals surface area (Å²) in [7, 11) is 0. The topological polar surface area (TPSA) is 21.3 Å². The molecular formula is C18H27NO. The summed E-state index contributed by atoms with van der Waals surface area (Å²) >= 11 is 0. The van der Waals surface area contributed by atoms with E-state index in [2.05, 4.69) is 44.3 Å². The van der Waals surface area contributed by atoms with E-state index in [0.29, 0.717) is 5.41 Å². The van der Waals surface area contributed by atoms with Crippen molar-refractivity contribution in [2.24, 2.45) is 5.41 Å². The van der Waals surface area contributed by atoms with Crippen LogP contribution >= 0.6 is 0 Å². The molecule has 1 heterocycles. The summed E-state index contributed by atoms with van der Waals surface area (Å²) in [5.41, 5.74) is 3.30. The third-order valence-electron chi connectivity index (χ3n) is 4.84. The monoisotopic (exact) mass is 273 g/mol. The van der Waals surface area contributed by atoms with Crippen LogP contribution in [0.15, 0.2) is 18.2 Å². The van der Waals surface area contributed by atoms with Crippen LogP contribution in [0.5, 0.6) is 5.75 Å². The second-order valence-corrected chi connectivity index (χ2v) is 7.60. The van der Waals surface area contributed by atoms with Crippen molar-refractivity contribution in [3.63, 3.8) is 0 Å². The molecule has 2 aliphatic rings. The minimum Gasteiger partial charge on any atom is -0.488 e. The lowest BCUT2D eigenvalue weighted by Crippen LogP contribution is -2.41. The largest absolute Gasteiger partial charge is 0.488 e. The number of fused-ring (bicyclic) bond motifs is 1. The molecule has 110 valence electrons. The SMILES string of the molecule is CC1(C)CCCC(C)(Oc2ccc3c(c2)CCNC3)C1. The van der Waals surface area contributed by atoms with Crippen LogP contribution in [0.3, 0.4) is 0 Å². The van der Waals surface area contributed by atoms with Crippen molar-refractivity contribution in [3.05, 3.63) is 29.3 Å². The van der Waals surface area contributed by atoms with E-state index < -0.39 is 0 Å². The maximum absolute atomic E-state index is 6.42. The molecule has 0 amide bonds. The number of nitrogens with one attached hydrogen (secondary N) is 1. The molecule has 1 fully saturated rings. The molecule has 2 heteroatoms. The first-order chi connectivity index (χ1) is 9.46. The van der Waals surface area contributed by atoms with Gasteiger partial charge in [0.05, 0.1) is 0 Å². The first kappa shape index (κ1) is 13.9. The molecule has 1 aliphatic heterocycles. The smallest absolute Gasteiger partial charge is 0.120 e. The van der Waals surface area contributed by atoms with Gasteiger partial charge in [-0.15, -0.1) is 0 Å². The van der Waals surface area contributed by atoms with Crippen LogP contribution in [0, 0.1) is 5.41 Å². The summed E-state index contributed by atoms with van der Waals surface area (Å²) in [5.74, 6) is 1.06. The molecule has 0 aromatic heterocycles. The van der Waals surface area contributed by atoms with Gasteiger partial charge in [-0.1, -0.05) is 19.9 Å². The second-order valence-electron chi connectivity index (χ2n) is 7.60. The Bertz CT molecular complexity index is 494. The quantitative estimate of drug-likeness (QED) is 0.877. The van der Waals surface area contributed by atoms with Gasteiger partial charge in [-0.05, 0) is 74.2 Å². The molecule has 0 saturated heterocycles. The van der Waals surface area contributed by atoms with Gasteiger partial charge in [-0.25, -0.2) is 0 Å². The van der Waals surface area contributed by atoms with E-state index in [0.717, 1.165) is 31.7 Å². The van der Waals surface area contributed by atoms with Crippen LogP contribution in [0.25, 0.3) is 0 Å². The molecule has 1 aliphatic carbocycles. The van der Waals surface area contributed by atoms with Gasteiger partial charge in [0.15, 0.2) is 0 Å². The number of hydrogen-bond acceptors (Lipinski definition) is 2. The molecule has 1 saturated carbocycles. The molecule has 1 aromatic carbocycles. The first-order valence-electron chi connectivity index (χ1n) is 7.97. The van der Waals surface area contributed by atoms with Crippen molar-refractivity contribution < 1.29 is 4.74 Å². The molecule has 1 N–H and O–H groups in total. The summed E-state index contributed by atoms with van der Waals surface area (Å²) in [6.45, 7) is 9.11. The Morgan fingerprint density at radius 3 is 2.75 bits per heavy atom. The molecule has 1 unspecified atom stereocenters. The zero-order valence-electron chi connectivity index (χ0n) is 13.1. The summed E-state index contributed by atoms with van der Waals surface area (Å²) < 4.78 is 6.42. The highest BCUT2D eigenvalue weighted by Crippen LogP contribution is 2.43. The standard InChI is InChI=1S/C18H27NO/c1-17(2)8-4-9-18(3,13-17)20-16-6-5-15-12-19-10-7-14(15)11-16/h5-6,11,19H,4,7-10,12-13H2,1-3H3. The molecule has 2 nitrogen and oxygen atoms in total. The fourth-order valence-electron chi connectivity index (χ4n) is 4.02. The number of hydrogen-bond donors (Lipinski definition) is 1. The molecule has 0 radical (unpaired) electrons. The van der Waals surface area contributed by atoms with Crippen LogP contribution < -0.4 is 10.1 Å². The highest BCUT2D eigenvalue weighted by atomic mass is 16.5. The van der Waals surface area contributed by atoms with Crippen molar-refractivity contribution in [2.45, 2.75) is 65.0 Å². The Balaban J connectivity index is 1.77. The minimum atomic E-state index is 0.00288. The third kappa shape index (κ3) is 3.01. The lowest BCUT2D eigenvalue weighted by molar-refractivity contribution is -0.00143. The predicted molar refractivity (Wildman–Crippen MR) is 83.1 cm³/mol. The summed E-state index contributed by atoms with van der Waals surface area (Å²) in [6.07, 6.45) is 6.04. The van der Waals surface area contributed by atoms with Gasteiger partial charge >= 0.3 is 0 Å². The Labute approximate surface area is 122 Å². The molecular weight excluding hydrogens is 246 g/mol. The Kier molecular flexibility index (Phi) is 3.53. The molecule has 0 bridgehead atoms. The maximum Gasteiger partial charge on any atom is 0.120 e. The fraction of sp³-hybridized carbons (Fsp3) is 0.667. The van der Waals surface area contributed by atoms with Crippen LogP contribution in [-0.4, -0.2) is 12.1 Å². The zero-order chi connectivity index (χ0) is 14.2. The highest BCUT2D eigenvalue weighted by molar-refractivity contribution is 5.37. The van der Waals surface area contributed by atoms with Crippen molar-refractivity contribution in [1.29, 1.82) is 0 Å². The van der Waals surface area contributed by atoms with Gasteiger partial charge in [0.2, 0.25) is 0 Å². The third-order valence-corrected chi connectivity index (χ3v) is 4.84. The molecule has 3 rings (SSSR count). The minimum absolute atomic E-state index is 0.00288. The second kappa shape index (κ2) is 5.07. The van der Waals surface area contributed by atoms with Crippen molar-refractivity contribution in [2.75, 3.05) is 6.54 Å². The van der Waals surface area contributed by atoms with E-state index >= 15 is 0 Å². The summed E-state index contributed by atoms with van der Waals surface area (Å²) in [4.78, 5) is 0. The Hall–Kier alpha value is -1.02.